The number of thiophene rings is 1. The van der Waals surface area contributed by atoms with Gasteiger partial charge in [-0.15, -0.1) is 11.3 Å². The molecule has 1 N–H and O–H groups in total. The number of ether oxygens (including phenoxy) is 1. The van der Waals surface area contributed by atoms with Crippen molar-refractivity contribution < 1.29 is 9.53 Å². The Balaban J connectivity index is 1.53. The largest absolute Gasteiger partial charge is 0.496 e. The van der Waals surface area contributed by atoms with Gasteiger partial charge in [-0.3, -0.25) is 9.78 Å². The maximum Gasteiger partial charge on any atom is 0.266 e. The highest BCUT2D eigenvalue weighted by atomic mass is 35.5. The summed E-state index contributed by atoms with van der Waals surface area (Å²) in [5.74, 6) is 0.766. The molecule has 4 aromatic rings. The predicted molar refractivity (Wildman–Crippen MR) is 148 cm³/mol. The summed E-state index contributed by atoms with van der Waals surface area (Å²) in [5.41, 5.74) is 3.13. The monoisotopic (exact) mass is 519 g/mol. The van der Waals surface area contributed by atoms with Gasteiger partial charge in [0.1, 0.15) is 10.6 Å². The van der Waals surface area contributed by atoms with Crippen LogP contribution in [0.15, 0.2) is 67.0 Å². The van der Waals surface area contributed by atoms with Gasteiger partial charge in [0.15, 0.2) is 0 Å². The van der Waals surface area contributed by atoms with Crippen LogP contribution < -0.4 is 10.1 Å². The van der Waals surface area contributed by atoms with Crippen LogP contribution in [0.1, 0.15) is 40.9 Å². The summed E-state index contributed by atoms with van der Waals surface area (Å²) in [6, 6.07) is 18.7. The first-order chi connectivity index (χ1) is 17.6. The van der Waals surface area contributed by atoms with Crippen molar-refractivity contribution in [1.82, 2.24) is 15.2 Å². The van der Waals surface area contributed by atoms with E-state index in [9.17, 15) is 4.79 Å². The van der Waals surface area contributed by atoms with Crippen LogP contribution in [0.4, 0.5) is 0 Å². The number of halogens is 1. The highest BCUT2D eigenvalue weighted by Gasteiger charge is 2.32. The average Bonchev–Trinajstić information content (AvgIpc) is 3.28. The van der Waals surface area contributed by atoms with E-state index in [1.165, 1.54) is 11.3 Å². The number of pyridine rings is 1. The van der Waals surface area contributed by atoms with Crippen molar-refractivity contribution in [2.75, 3.05) is 14.2 Å². The number of benzene rings is 2. The number of rotatable bonds is 7. The van der Waals surface area contributed by atoms with E-state index in [-0.39, 0.29) is 11.9 Å². The van der Waals surface area contributed by atoms with Gasteiger partial charge in [0.2, 0.25) is 0 Å². The van der Waals surface area contributed by atoms with Crippen molar-refractivity contribution in [2.45, 2.75) is 44.3 Å². The van der Waals surface area contributed by atoms with E-state index in [2.05, 4.69) is 16.4 Å². The zero-order chi connectivity index (χ0) is 25.1. The minimum atomic E-state index is -0.00882. The Hall–Kier alpha value is -2.93. The lowest BCUT2D eigenvalue weighted by Crippen LogP contribution is -2.44. The van der Waals surface area contributed by atoms with Gasteiger partial charge in [-0.2, -0.15) is 0 Å². The summed E-state index contributed by atoms with van der Waals surface area (Å²) in [4.78, 5) is 20.9. The third kappa shape index (κ3) is 4.99. The van der Waals surface area contributed by atoms with Crippen LogP contribution in [0.5, 0.6) is 5.75 Å². The molecule has 0 aliphatic heterocycles. The van der Waals surface area contributed by atoms with Gasteiger partial charge < -0.3 is 15.0 Å². The second-order valence-electron chi connectivity index (χ2n) is 9.23. The van der Waals surface area contributed by atoms with Gasteiger partial charge in [0.05, 0.1) is 12.1 Å². The Bertz CT molecular complexity index is 1350. The third-order valence-electron chi connectivity index (χ3n) is 7.17. The molecule has 0 atom stereocenters. The summed E-state index contributed by atoms with van der Waals surface area (Å²) in [7, 11) is 3.69. The molecule has 5 rings (SSSR count). The molecule has 1 amide bonds. The maximum atomic E-state index is 14.1. The fourth-order valence-electron chi connectivity index (χ4n) is 5.13. The smallest absolute Gasteiger partial charge is 0.266 e. The molecule has 1 aliphatic carbocycles. The van der Waals surface area contributed by atoms with Crippen LogP contribution in [-0.2, 0) is 6.54 Å². The second kappa shape index (κ2) is 11.0. The summed E-state index contributed by atoms with van der Waals surface area (Å²) in [5, 5.41) is 4.88. The highest BCUT2D eigenvalue weighted by Crippen LogP contribution is 2.38. The van der Waals surface area contributed by atoms with E-state index in [0.29, 0.717) is 22.5 Å². The molecule has 7 heteroatoms. The SMILES string of the molecule is CN[C@H]1CC[C@@H](N(Cc2cc(-c3ccncc3)ccc2OC)C(=O)c2sc3ccccc3c2Cl)CC1. The van der Waals surface area contributed by atoms with Crippen LogP contribution in [0, 0.1) is 0 Å². The molecule has 0 unspecified atom stereocenters. The quantitative estimate of drug-likeness (QED) is 0.292. The van der Waals surface area contributed by atoms with E-state index < -0.39 is 0 Å². The number of hydrogen-bond acceptors (Lipinski definition) is 5. The molecule has 5 nitrogen and oxygen atoms in total. The van der Waals surface area contributed by atoms with Crippen LogP contribution in [0.3, 0.4) is 0 Å². The van der Waals surface area contributed by atoms with Crippen LogP contribution in [0.25, 0.3) is 21.2 Å². The van der Waals surface area contributed by atoms with E-state index in [1.54, 1.807) is 19.5 Å². The van der Waals surface area contributed by atoms with Crippen molar-refractivity contribution in [2.24, 2.45) is 0 Å². The number of hydrogen-bond donors (Lipinski definition) is 1. The molecule has 2 heterocycles. The molecule has 2 aromatic carbocycles. The normalized spacial score (nSPS) is 17.8. The van der Waals surface area contributed by atoms with Crippen LogP contribution in [0.2, 0.25) is 5.02 Å². The molecular formula is C29H30ClN3O2S. The predicted octanol–water partition coefficient (Wildman–Crippen LogP) is 6.80. The summed E-state index contributed by atoms with van der Waals surface area (Å²) >= 11 is 8.25. The van der Waals surface area contributed by atoms with E-state index >= 15 is 0 Å². The molecule has 186 valence electrons. The number of aromatic nitrogens is 1. The van der Waals surface area contributed by atoms with Gasteiger partial charge in [-0.25, -0.2) is 0 Å². The Morgan fingerprint density at radius 1 is 1.08 bits per heavy atom. The number of carbonyl (C=O) groups excluding carboxylic acids is 1. The second-order valence-corrected chi connectivity index (χ2v) is 10.7. The Morgan fingerprint density at radius 2 is 1.83 bits per heavy atom. The molecule has 0 bridgehead atoms. The van der Waals surface area contributed by atoms with Crippen LogP contribution >= 0.6 is 22.9 Å². The zero-order valence-electron chi connectivity index (χ0n) is 20.5. The van der Waals surface area contributed by atoms with Gasteiger partial charge in [-0.1, -0.05) is 35.9 Å². The van der Waals surface area contributed by atoms with E-state index in [4.69, 9.17) is 16.3 Å². The van der Waals surface area contributed by atoms with E-state index in [0.717, 1.165) is 58.2 Å². The number of nitrogens with zero attached hydrogens (tertiary/aromatic N) is 2. The molecule has 0 spiro atoms. The number of fused-ring (bicyclic) bond motifs is 1. The van der Waals surface area contributed by atoms with Crippen molar-refractivity contribution >= 4 is 38.9 Å². The number of methoxy groups -OCH3 is 1. The molecule has 1 aliphatic rings. The minimum Gasteiger partial charge on any atom is -0.496 e. The van der Waals surface area contributed by atoms with Gasteiger partial charge in [-0.05, 0) is 74.2 Å². The molecule has 0 saturated heterocycles. The lowest BCUT2D eigenvalue weighted by atomic mass is 9.89. The highest BCUT2D eigenvalue weighted by molar-refractivity contribution is 7.21. The van der Waals surface area contributed by atoms with Gasteiger partial charge in [0, 0.05) is 46.7 Å². The molecule has 0 radical (unpaired) electrons. The van der Waals surface area contributed by atoms with Gasteiger partial charge in [0.25, 0.3) is 5.91 Å². The average molecular weight is 520 g/mol. The first-order valence-corrected chi connectivity index (χ1v) is 13.5. The standard InChI is InChI=1S/C29H30ClN3O2S/c1-31-22-8-10-23(11-9-22)33(29(34)28-27(30)24-5-3-4-6-26(24)36-28)18-21-17-20(7-12-25(21)35-2)19-13-15-32-16-14-19/h3-7,12-17,22-23,31H,8-11,18H2,1-2H3/t22-,23+. The van der Waals surface area contributed by atoms with Gasteiger partial charge >= 0.3 is 0 Å². The molecule has 36 heavy (non-hydrogen) atoms. The molecule has 1 saturated carbocycles. The van der Waals surface area contributed by atoms with Crippen molar-refractivity contribution in [3.8, 4) is 16.9 Å². The zero-order valence-corrected chi connectivity index (χ0v) is 22.1. The van der Waals surface area contributed by atoms with Crippen molar-refractivity contribution in [3.05, 3.63) is 82.5 Å². The lowest BCUT2D eigenvalue weighted by molar-refractivity contribution is 0.0604. The van der Waals surface area contributed by atoms with Crippen molar-refractivity contribution in [1.29, 1.82) is 0 Å². The maximum absolute atomic E-state index is 14.1. The molecule has 2 aromatic heterocycles. The summed E-state index contributed by atoms with van der Waals surface area (Å²) in [6.07, 6.45) is 7.56. The number of nitrogens with one attached hydrogen (secondary N) is 1. The topological polar surface area (TPSA) is 54.5 Å². The van der Waals surface area contributed by atoms with E-state index in [1.807, 2.05) is 60.5 Å². The first-order valence-electron chi connectivity index (χ1n) is 12.3. The summed E-state index contributed by atoms with van der Waals surface area (Å²) < 4.78 is 6.76. The Labute approximate surface area is 221 Å². The lowest BCUT2D eigenvalue weighted by Gasteiger charge is -2.37. The molecular weight excluding hydrogens is 490 g/mol. The Kier molecular flexibility index (Phi) is 7.56. The first kappa shape index (κ1) is 24.8. The fourth-order valence-corrected chi connectivity index (χ4v) is 6.60. The summed E-state index contributed by atoms with van der Waals surface area (Å²) in [6.45, 7) is 0.459. The van der Waals surface area contributed by atoms with Crippen molar-refractivity contribution in [3.63, 3.8) is 0 Å². The number of amides is 1. The molecule has 1 fully saturated rings. The minimum absolute atomic E-state index is 0.00882. The Morgan fingerprint density at radius 3 is 2.53 bits per heavy atom. The van der Waals surface area contributed by atoms with Crippen LogP contribution in [-0.4, -0.2) is 42.0 Å². The third-order valence-corrected chi connectivity index (χ3v) is 8.83. The fraction of sp³-hybridized carbons (Fsp3) is 0.310. The number of carbonyl (C=O) groups is 1.